The van der Waals surface area contributed by atoms with Crippen LogP contribution in [0.25, 0.3) is 0 Å². The highest BCUT2D eigenvalue weighted by atomic mass is 16.6. The van der Waals surface area contributed by atoms with E-state index in [1.54, 1.807) is 0 Å². The van der Waals surface area contributed by atoms with Crippen LogP contribution in [0.15, 0.2) is 47.6 Å². The largest absolute Gasteiger partial charge is 0.493 e. The van der Waals surface area contributed by atoms with Gasteiger partial charge in [0, 0.05) is 19.1 Å². The van der Waals surface area contributed by atoms with E-state index < -0.39 is 6.09 Å². The van der Waals surface area contributed by atoms with E-state index in [2.05, 4.69) is 11.2 Å². The average Bonchev–Trinajstić information content (AvgIpc) is 3.19. The summed E-state index contributed by atoms with van der Waals surface area (Å²) in [6.45, 7) is 2.90. The van der Waals surface area contributed by atoms with E-state index in [4.69, 9.17) is 19.0 Å². The van der Waals surface area contributed by atoms with Crippen molar-refractivity contribution in [3.63, 3.8) is 0 Å². The average molecular weight is 384 g/mol. The van der Waals surface area contributed by atoms with Crippen LogP contribution >= 0.6 is 0 Å². The van der Waals surface area contributed by atoms with Gasteiger partial charge in [-0.3, -0.25) is 4.90 Å². The summed E-state index contributed by atoms with van der Waals surface area (Å²) >= 11 is 0. The molecule has 0 bridgehead atoms. The van der Waals surface area contributed by atoms with Gasteiger partial charge in [0.2, 0.25) is 0 Å². The first-order valence-corrected chi connectivity index (χ1v) is 8.99. The molecule has 1 heterocycles. The normalized spacial score (nSPS) is 12.9. The molecule has 1 amide bonds. The molecule has 2 aromatic rings. The summed E-state index contributed by atoms with van der Waals surface area (Å²) in [6.07, 6.45) is 0.405. The van der Waals surface area contributed by atoms with Crippen molar-refractivity contribution < 1.29 is 23.8 Å². The lowest BCUT2D eigenvalue weighted by molar-refractivity contribution is 0.129. The van der Waals surface area contributed by atoms with E-state index in [9.17, 15) is 4.79 Å². The Balaban J connectivity index is 1.72. The fourth-order valence-corrected chi connectivity index (χ4v) is 3.02. The first-order chi connectivity index (χ1) is 13.6. The Bertz CT molecular complexity index is 866. The zero-order chi connectivity index (χ0) is 19.9. The molecule has 0 saturated carbocycles. The molecule has 7 nitrogen and oxygen atoms in total. The number of fused-ring (bicyclic) bond motifs is 1. The molecule has 28 heavy (non-hydrogen) atoms. The Morgan fingerprint density at radius 3 is 2.82 bits per heavy atom. The molecule has 0 atom stereocenters. The van der Waals surface area contributed by atoms with Crippen molar-refractivity contribution in [2.24, 2.45) is 5.16 Å². The standard InChI is InChI=1S/C21H24N2O5/c1-15(16-8-9-20-17(12-16)10-11-27-20)22-28-13-18-6-4-5-7-19(18)23(14-25-2)21(24)26-3/h4-9,12H,10-11,13-14H2,1-3H3. The number of benzene rings is 2. The predicted octanol–water partition coefficient (Wildman–Crippen LogP) is 3.74. The van der Waals surface area contributed by atoms with E-state index >= 15 is 0 Å². The lowest BCUT2D eigenvalue weighted by Gasteiger charge is -2.22. The second-order valence-corrected chi connectivity index (χ2v) is 6.32. The zero-order valence-electron chi connectivity index (χ0n) is 16.3. The van der Waals surface area contributed by atoms with E-state index in [0.29, 0.717) is 5.69 Å². The Morgan fingerprint density at radius 1 is 1.21 bits per heavy atom. The minimum atomic E-state index is -0.505. The molecule has 0 N–H and O–H groups in total. The number of amides is 1. The third-order valence-electron chi connectivity index (χ3n) is 4.46. The van der Waals surface area contributed by atoms with Gasteiger partial charge >= 0.3 is 6.09 Å². The second-order valence-electron chi connectivity index (χ2n) is 6.32. The molecular weight excluding hydrogens is 360 g/mol. The first-order valence-electron chi connectivity index (χ1n) is 8.99. The molecule has 0 aromatic heterocycles. The van der Waals surface area contributed by atoms with Crippen LogP contribution in [0.3, 0.4) is 0 Å². The smallest absolute Gasteiger partial charge is 0.415 e. The summed E-state index contributed by atoms with van der Waals surface area (Å²) in [5.41, 5.74) is 4.40. The first kappa shape index (κ1) is 19.7. The van der Waals surface area contributed by atoms with Gasteiger partial charge < -0.3 is 19.0 Å². The summed E-state index contributed by atoms with van der Waals surface area (Å²) in [7, 11) is 2.85. The van der Waals surface area contributed by atoms with E-state index in [0.717, 1.165) is 35.6 Å². The lowest BCUT2D eigenvalue weighted by Crippen LogP contribution is -2.33. The molecule has 1 aliphatic heterocycles. The number of nitrogens with zero attached hydrogens (tertiary/aromatic N) is 2. The maximum absolute atomic E-state index is 12.1. The van der Waals surface area contributed by atoms with Crippen LogP contribution in [0.2, 0.25) is 0 Å². The number of methoxy groups -OCH3 is 2. The Morgan fingerprint density at radius 2 is 2.04 bits per heavy atom. The summed E-state index contributed by atoms with van der Waals surface area (Å²) in [6, 6.07) is 13.4. The number of hydrogen-bond acceptors (Lipinski definition) is 6. The van der Waals surface area contributed by atoms with Crippen molar-refractivity contribution in [2.45, 2.75) is 20.0 Å². The molecule has 0 spiro atoms. The number of anilines is 1. The van der Waals surface area contributed by atoms with Gasteiger partial charge in [-0.1, -0.05) is 23.4 Å². The van der Waals surface area contributed by atoms with Crippen molar-refractivity contribution in [3.8, 4) is 5.75 Å². The number of carbonyl (C=O) groups is 1. The van der Waals surface area contributed by atoms with Crippen LogP contribution in [0.4, 0.5) is 10.5 Å². The van der Waals surface area contributed by atoms with Gasteiger partial charge in [0.1, 0.15) is 19.1 Å². The number of carbonyl (C=O) groups excluding carboxylic acids is 1. The van der Waals surface area contributed by atoms with Crippen molar-refractivity contribution in [1.29, 1.82) is 0 Å². The monoisotopic (exact) mass is 384 g/mol. The van der Waals surface area contributed by atoms with Crippen molar-refractivity contribution >= 4 is 17.5 Å². The third kappa shape index (κ3) is 4.43. The van der Waals surface area contributed by atoms with E-state index in [1.165, 1.54) is 24.7 Å². The summed E-state index contributed by atoms with van der Waals surface area (Å²) in [5.74, 6) is 0.937. The van der Waals surface area contributed by atoms with Gasteiger partial charge in [-0.25, -0.2) is 4.79 Å². The van der Waals surface area contributed by atoms with Crippen LogP contribution in [-0.2, 0) is 27.3 Å². The maximum Gasteiger partial charge on any atom is 0.415 e. The van der Waals surface area contributed by atoms with Crippen LogP contribution in [-0.4, -0.2) is 39.4 Å². The van der Waals surface area contributed by atoms with Gasteiger partial charge in [-0.15, -0.1) is 0 Å². The van der Waals surface area contributed by atoms with Gasteiger partial charge in [-0.2, -0.15) is 0 Å². The zero-order valence-corrected chi connectivity index (χ0v) is 16.3. The number of hydrogen-bond donors (Lipinski definition) is 0. The topological polar surface area (TPSA) is 69.6 Å². The third-order valence-corrected chi connectivity index (χ3v) is 4.46. The molecule has 0 aliphatic carbocycles. The van der Waals surface area contributed by atoms with Crippen molar-refractivity contribution in [3.05, 3.63) is 59.2 Å². The highest BCUT2D eigenvalue weighted by molar-refractivity contribution is 5.98. The SMILES string of the molecule is COCN(C(=O)OC)c1ccccc1CON=C(C)c1ccc2c(c1)CCO2. The van der Waals surface area contributed by atoms with E-state index in [1.807, 2.05) is 43.3 Å². The van der Waals surface area contributed by atoms with Crippen molar-refractivity contribution in [1.82, 2.24) is 0 Å². The highest BCUT2D eigenvalue weighted by Crippen LogP contribution is 2.26. The van der Waals surface area contributed by atoms with Crippen LogP contribution < -0.4 is 9.64 Å². The second kappa shape index (κ2) is 9.23. The molecule has 7 heteroatoms. The molecule has 0 unspecified atom stereocenters. The molecule has 1 aliphatic rings. The fourth-order valence-electron chi connectivity index (χ4n) is 3.02. The number of oxime groups is 1. The number of rotatable bonds is 7. The van der Waals surface area contributed by atoms with Gasteiger partial charge in [0.05, 0.1) is 25.1 Å². The van der Waals surface area contributed by atoms with E-state index in [-0.39, 0.29) is 13.3 Å². The summed E-state index contributed by atoms with van der Waals surface area (Å²) in [4.78, 5) is 19.0. The quantitative estimate of drug-likeness (QED) is 0.413. The molecule has 0 radical (unpaired) electrons. The van der Waals surface area contributed by atoms with Gasteiger partial charge in [0.25, 0.3) is 0 Å². The molecule has 148 valence electrons. The molecular formula is C21H24N2O5. The van der Waals surface area contributed by atoms with Gasteiger partial charge in [0.15, 0.2) is 0 Å². The highest BCUT2D eigenvalue weighted by Gasteiger charge is 2.19. The predicted molar refractivity (Wildman–Crippen MR) is 106 cm³/mol. The molecule has 0 fully saturated rings. The van der Waals surface area contributed by atoms with Crippen LogP contribution in [0, 0.1) is 0 Å². The number of para-hydroxylation sites is 1. The fraction of sp³-hybridized carbons (Fsp3) is 0.333. The Labute approximate surface area is 164 Å². The molecule has 3 rings (SSSR count). The minimum absolute atomic E-state index is 0.0726. The Hall–Kier alpha value is -3.06. The maximum atomic E-state index is 12.1. The summed E-state index contributed by atoms with van der Waals surface area (Å²) < 4.78 is 15.5. The van der Waals surface area contributed by atoms with Crippen molar-refractivity contribution in [2.75, 3.05) is 32.5 Å². The molecule has 0 saturated heterocycles. The minimum Gasteiger partial charge on any atom is -0.493 e. The Kier molecular flexibility index (Phi) is 6.49. The molecule has 2 aromatic carbocycles. The van der Waals surface area contributed by atoms with Gasteiger partial charge in [-0.05, 0) is 42.3 Å². The lowest BCUT2D eigenvalue weighted by atomic mass is 10.1. The number of ether oxygens (including phenoxy) is 3. The van der Waals surface area contributed by atoms with Crippen LogP contribution in [0.1, 0.15) is 23.6 Å². The van der Waals surface area contributed by atoms with Crippen LogP contribution in [0.5, 0.6) is 5.75 Å². The summed E-state index contributed by atoms with van der Waals surface area (Å²) in [5, 5.41) is 4.24.